The lowest BCUT2D eigenvalue weighted by Gasteiger charge is -2.15. The molecule has 2 rings (SSSR count). The Kier molecular flexibility index (Phi) is 5.92. The zero-order valence-corrected chi connectivity index (χ0v) is 13.9. The van der Waals surface area contributed by atoms with Crippen molar-refractivity contribution in [3.63, 3.8) is 0 Å². The molecule has 0 saturated carbocycles. The number of anilines is 1. The maximum absolute atomic E-state index is 12.1. The van der Waals surface area contributed by atoms with E-state index >= 15 is 0 Å². The number of likely N-dealkylation sites (N-methyl/N-ethyl adjacent to an activating group) is 1. The Morgan fingerprint density at radius 1 is 1.04 bits per heavy atom. The van der Waals surface area contributed by atoms with E-state index in [1.165, 1.54) is 5.56 Å². The molecule has 0 spiro atoms. The fourth-order valence-electron chi connectivity index (χ4n) is 2.13. The van der Waals surface area contributed by atoms with Crippen molar-refractivity contribution in [3.05, 3.63) is 66.0 Å². The molecule has 4 nitrogen and oxygen atoms in total. The molecule has 0 aliphatic rings. The Hall–Kier alpha value is -2.62. The van der Waals surface area contributed by atoms with Crippen LogP contribution in [0, 0.1) is 0 Å². The van der Waals surface area contributed by atoms with Crippen LogP contribution in [0.25, 0.3) is 6.08 Å². The van der Waals surface area contributed by atoms with Crippen molar-refractivity contribution < 1.29 is 4.79 Å². The van der Waals surface area contributed by atoms with Crippen LogP contribution < -0.4 is 4.90 Å². The first-order chi connectivity index (χ1) is 11.1. The number of carbonyl (C=O) groups is 1. The van der Waals surface area contributed by atoms with Gasteiger partial charge in [0, 0.05) is 51.8 Å². The van der Waals surface area contributed by atoms with Crippen LogP contribution in [0.3, 0.4) is 0 Å². The van der Waals surface area contributed by atoms with E-state index in [2.05, 4.69) is 4.98 Å². The fraction of sp³-hybridized carbons (Fsp3) is 0.263. The number of nitrogens with zero attached hydrogens (tertiary/aromatic N) is 3. The number of carbonyl (C=O) groups excluding carboxylic acids is 1. The molecule has 0 saturated heterocycles. The zero-order valence-electron chi connectivity index (χ0n) is 13.9. The van der Waals surface area contributed by atoms with Gasteiger partial charge in [0.05, 0.1) is 0 Å². The van der Waals surface area contributed by atoms with Crippen molar-refractivity contribution in [1.82, 2.24) is 9.88 Å². The minimum atomic E-state index is 0.00995. The molecule has 1 aromatic carbocycles. The SMILES string of the molecule is CN(CCc1ccncc1)C(=O)/C=C/c1ccc(N(C)C)cc1. The predicted molar refractivity (Wildman–Crippen MR) is 95.4 cm³/mol. The second-order valence-corrected chi connectivity index (χ2v) is 5.68. The van der Waals surface area contributed by atoms with Gasteiger partial charge >= 0.3 is 0 Å². The molecular formula is C19H23N3O. The number of pyridine rings is 1. The zero-order chi connectivity index (χ0) is 16.7. The molecule has 1 amide bonds. The number of hydrogen-bond acceptors (Lipinski definition) is 3. The lowest BCUT2D eigenvalue weighted by Crippen LogP contribution is -2.27. The van der Waals surface area contributed by atoms with E-state index in [1.807, 2.05) is 68.5 Å². The number of benzene rings is 1. The van der Waals surface area contributed by atoms with Crippen LogP contribution in [0.4, 0.5) is 5.69 Å². The maximum atomic E-state index is 12.1. The van der Waals surface area contributed by atoms with Crippen molar-refractivity contribution >= 4 is 17.7 Å². The van der Waals surface area contributed by atoms with E-state index in [4.69, 9.17) is 0 Å². The third-order valence-corrected chi connectivity index (χ3v) is 3.69. The first kappa shape index (κ1) is 16.7. The smallest absolute Gasteiger partial charge is 0.246 e. The summed E-state index contributed by atoms with van der Waals surface area (Å²) in [6.45, 7) is 0.687. The highest BCUT2D eigenvalue weighted by molar-refractivity contribution is 5.91. The van der Waals surface area contributed by atoms with E-state index in [-0.39, 0.29) is 5.91 Å². The molecule has 0 bridgehead atoms. The minimum Gasteiger partial charge on any atom is -0.378 e. The molecular weight excluding hydrogens is 286 g/mol. The summed E-state index contributed by atoms with van der Waals surface area (Å²) >= 11 is 0. The molecule has 0 aliphatic heterocycles. The Labute approximate surface area is 138 Å². The Morgan fingerprint density at radius 3 is 2.30 bits per heavy atom. The minimum absolute atomic E-state index is 0.00995. The van der Waals surface area contributed by atoms with E-state index in [0.29, 0.717) is 6.54 Å². The lowest BCUT2D eigenvalue weighted by atomic mass is 10.1. The molecule has 0 aliphatic carbocycles. The van der Waals surface area contributed by atoms with Crippen LogP contribution in [0.15, 0.2) is 54.9 Å². The van der Waals surface area contributed by atoms with Gasteiger partial charge in [0.15, 0.2) is 0 Å². The summed E-state index contributed by atoms with van der Waals surface area (Å²) in [5.74, 6) is 0.00995. The van der Waals surface area contributed by atoms with E-state index in [0.717, 1.165) is 17.7 Å². The van der Waals surface area contributed by atoms with Crippen molar-refractivity contribution in [2.75, 3.05) is 32.6 Å². The van der Waals surface area contributed by atoms with Crippen molar-refractivity contribution in [2.24, 2.45) is 0 Å². The van der Waals surface area contributed by atoms with E-state index < -0.39 is 0 Å². The number of rotatable bonds is 6. The molecule has 0 fully saturated rings. The highest BCUT2D eigenvalue weighted by atomic mass is 16.2. The molecule has 0 atom stereocenters. The third-order valence-electron chi connectivity index (χ3n) is 3.69. The normalized spacial score (nSPS) is 10.7. The van der Waals surface area contributed by atoms with Gasteiger partial charge in [-0.25, -0.2) is 0 Å². The summed E-state index contributed by atoms with van der Waals surface area (Å²) in [4.78, 5) is 19.9. The Bertz CT molecular complexity index is 648. The first-order valence-corrected chi connectivity index (χ1v) is 7.66. The number of aromatic nitrogens is 1. The average Bonchev–Trinajstić information content (AvgIpc) is 2.58. The standard InChI is InChI=1S/C19H23N3O/c1-21(2)18-7-4-16(5-8-18)6-9-19(23)22(3)15-12-17-10-13-20-14-11-17/h4-11,13-14H,12,15H2,1-3H3/b9-6+. The molecule has 0 unspecified atom stereocenters. The summed E-state index contributed by atoms with van der Waals surface area (Å²) < 4.78 is 0. The molecule has 23 heavy (non-hydrogen) atoms. The van der Waals surface area contributed by atoms with Gasteiger partial charge in [-0.05, 0) is 47.9 Å². The molecule has 0 radical (unpaired) electrons. The number of hydrogen-bond donors (Lipinski definition) is 0. The second kappa shape index (κ2) is 8.13. The topological polar surface area (TPSA) is 36.4 Å². The largest absolute Gasteiger partial charge is 0.378 e. The predicted octanol–water partition coefficient (Wildman–Crippen LogP) is 2.86. The summed E-state index contributed by atoms with van der Waals surface area (Å²) in [6, 6.07) is 12.0. The quantitative estimate of drug-likeness (QED) is 0.770. The average molecular weight is 309 g/mol. The molecule has 1 aromatic heterocycles. The van der Waals surface area contributed by atoms with E-state index in [9.17, 15) is 4.79 Å². The first-order valence-electron chi connectivity index (χ1n) is 7.66. The molecule has 2 aromatic rings. The van der Waals surface area contributed by atoms with Gasteiger partial charge in [0.25, 0.3) is 0 Å². The summed E-state index contributed by atoms with van der Waals surface area (Å²) in [5, 5.41) is 0. The van der Waals surface area contributed by atoms with Crippen LogP contribution in [-0.2, 0) is 11.2 Å². The fourth-order valence-corrected chi connectivity index (χ4v) is 2.13. The lowest BCUT2D eigenvalue weighted by molar-refractivity contribution is -0.124. The summed E-state index contributed by atoms with van der Waals surface area (Å²) in [6.07, 6.45) is 7.85. The second-order valence-electron chi connectivity index (χ2n) is 5.68. The Morgan fingerprint density at radius 2 is 1.70 bits per heavy atom. The Balaban J connectivity index is 1.87. The van der Waals surface area contributed by atoms with E-state index in [1.54, 1.807) is 23.4 Å². The van der Waals surface area contributed by atoms with Crippen molar-refractivity contribution in [3.8, 4) is 0 Å². The molecule has 1 heterocycles. The van der Waals surface area contributed by atoms with Gasteiger partial charge in [-0.2, -0.15) is 0 Å². The van der Waals surface area contributed by atoms with Crippen LogP contribution in [0.2, 0.25) is 0 Å². The summed E-state index contributed by atoms with van der Waals surface area (Å²) in [5.41, 5.74) is 3.34. The van der Waals surface area contributed by atoms with Crippen LogP contribution >= 0.6 is 0 Å². The molecule has 0 N–H and O–H groups in total. The molecule has 4 heteroatoms. The van der Waals surface area contributed by atoms with Gasteiger partial charge < -0.3 is 9.80 Å². The summed E-state index contributed by atoms with van der Waals surface area (Å²) in [7, 11) is 5.83. The van der Waals surface area contributed by atoms with Crippen LogP contribution in [0.1, 0.15) is 11.1 Å². The van der Waals surface area contributed by atoms with Crippen molar-refractivity contribution in [1.29, 1.82) is 0 Å². The van der Waals surface area contributed by atoms with Gasteiger partial charge in [-0.3, -0.25) is 9.78 Å². The van der Waals surface area contributed by atoms with Gasteiger partial charge in [-0.15, -0.1) is 0 Å². The van der Waals surface area contributed by atoms with Crippen molar-refractivity contribution in [2.45, 2.75) is 6.42 Å². The highest BCUT2D eigenvalue weighted by Crippen LogP contribution is 2.13. The van der Waals surface area contributed by atoms with Crippen LogP contribution in [-0.4, -0.2) is 43.5 Å². The van der Waals surface area contributed by atoms with Crippen LogP contribution in [0.5, 0.6) is 0 Å². The number of amides is 1. The van der Waals surface area contributed by atoms with Gasteiger partial charge in [0.1, 0.15) is 0 Å². The third kappa shape index (κ3) is 5.25. The highest BCUT2D eigenvalue weighted by Gasteiger charge is 2.05. The molecule has 120 valence electrons. The maximum Gasteiger partial charge on any atom is 0.246 e. The van der Waals surface area contributed by atoms with Gasteiger partial charge in [-0.1, -0.05) is 12.1 Å². The van der Waals surface area contributed by atoms with Gasteiger partial charge in [0.2, 0.25) is 5.91 Å². The monoisotopic (exact) mass is 309 g/mol.